The minimum atomic E-state index is -0.859. The van der Waals surface area contributed by atoms with Crippen LogP contribution in [0.2, 0.25) is 0 Å². The summed E-state index contributed by atoms with van der Waals surface area (Å²) < 4.78 is 0. The average molecular weight is 263 g/mol. The minimum Gasteiger partial charge on any atom is -0.465 e. The number of aliphatic imine (C=N–C) groups is 1. The molecule has 0 aliphatic carbocycles. The highest BCUT2D eigenvalue weighted by molar-refractivity contribution is 5.79. The third-order valence-corrected chi connectivity index (χ3v) is 3.02. The lowest BCUT2D eigenvalue weighted by atomic mass is 10.2. The second-order valence-corrected chi connectivity index (χ2v) is 4.31. The number of guanidine groups is 1. The van der Waals surface area contributed by atoms with Crippen molar-refractivity contribution in [2.24, 2.45) is 16.5 Å². The first-order chi connectivity index (χ1) is 9.06. The van der Waals surface area contributed by atoms with E-state index in [2.05, 4.69) is 9.89 Å². The molecule has 1 aliphatic heterocycles. The molecule has 0 spiro atoms. The molecule has 7 heteroatoms. The Morgan fingerprint density at radius 3 is 2.16 bits per heavy atom. The maximum absolute atomic E-state index is 10.8. The van der Waals surface area contributed by atoms with Crippen LogP contribution in [0, 0.1) is 0 Å². The number of rotatable bonds is 2. The van der Waals surface area contributed by atoms with Gasteiger partial charge >= 0.3 is 6.09 Å². The summed E-state index contributed by atoms with van der Waals surface area (Å²) in [4.78, 5) is 18.3. The molecule has 1 amide bonds. The first kappa shape index (κ1) is 13.0. The van der Waals surface area contributed by atoms with E-state index in [4.69, 9.17) is 16.6 Å². The van der Waals surface area contributed by atoms with Gasteiger partial charge in [0, 0.05) is 31.9 Å². The molecule has 0 radical (unpaired) electrons. The van der Waals surface area contributed by atoms with Gasteiger partial charge in [0.2, 0.25) is 0 Å². The number of hydrogen-bond acceptors (Lipinski definition) is 3. The maximum Gasteiger partial charge on any atom is 0.407 e. The van der Waals surface area contributed by atoms with Crippen molar-refractivity contribution in [3.63, 3.8) is 0 Å². The standard InChI is InChI=1S/C12H17N5O2/c13-11(14)15-9-1-3-10(4-2-9)16-5-7-17(8-6-16)12(18)19/h1-4H,5-8H2,(H,18,19)(H4,13,14,15). The molecular formula is C12H17N5O2. The van der Waals surface area contributed by atoms with Crippen LogP contribution < -0.4 is 16.4 Å². The Morgan fingerprint density at radius 2 is 1.68 bits per heavy atom. The van der Waals surface area contributed by atoms with E-state index in [1.807, 2.05) is 24.3 Å². The number of nitrogens with two attached hydrogens (primary N) is 2. The summed E-state index contributed by atoms with van der Waals surface area (Å²) in [5.41, 5.74) is 12.4. The van der Waals surface area contributed by atoms with Crippen LogP contribution in [-0.4, -0.2) is 48.2 Å². The minimum absolute atomic E-state index is 0.0304. The van der Waals surface area contributed by atoms with Crippen LogP contribution in [0.4, 0.5) is 16.2 Å². The summed E-state index contributed by atoms with van der Waals surface area (Å²) in [6.07, 6.45) is -0.859. The van der Waals surface area contributed by atoms with E-state index in [0.29, 0.717) is 31.9 Å². The Labute approximate surface area is 111 Å². The van der Waals surface area contributed by atoms with Crippen LogP contribution in [-0.2, 0) is 0 Å². The number of nitrogens with zero attached hydrogens (tertiary/aromatic N) is 3. The molecule has 1 heterocycles. The third kappa shape index (κ3) is 3.27. The van der Waals surface area contributed by atoms with Gasteiger partial charge in [-0.15, -0.1) is 0 Å². The normalized spacial score (nSPS) is 15.2. The summed E-state index contributed by atoms with van der Waals surface area (Å²) in [6.45, 7) is 2.41. The topological polar surface area (TPSA) is 108 Å². The van der Waals surface area contributed by atoms with Crippen LogP contribution in [0.1, 0.15) is 0 Å². The van der Waals surface area contributed by atoms with Crippen molar-refractivity contribution >= 4 is 23.4 Å². The van der Waals surface area contributed by atoms with Crippen LogP contribution in [0.5, 0.6) is 0 Å². The summed E-state index contributed by atoms with van der Waals surface area (Å²) in [5, 5.41) is 8.88. The van der Waals surface area contributed by atoms with E-state index in [1.165, 1.54) is 4.90 Å². The molecule has 7 nitrogen and oxygen atoms in total. The molecule has 0 unspecified atom stereocenters. The van der Waals surface area contributed by atoms with Gasteiger partial charge in [0.1, 0.15) is 0 Å². The van der Waals surface area contributed by atoms with E-state index < -0.39 is 6.09 Å². The Bertz CT molecular complexity index is 473. The molecule has 19 heavy (non-hydrogen) atoms. The Balaban J connectivity index is 2.00. The predicted molar refractivity (Wildman–Crippen MR) is 73.7 cm³/mol. The fraction of sp³-hybridized carbons (Fsp3) is 0.333. The average Bonchev–Trinajstić information content (AvgIpc) is 2.39. The van der Waals surface area contributed by atoms with Crippen molar-refractivity contribution in [2.45, 2.75) is 0 Å². The maximum atomic E-state index is 10.8. The Morgan fingerprint density at radius 1 is 1.11 bits per heavy atom. The van der Waals surface area contributed by atoms with E-state index in [9.17, 15) is 4.79 Å². The van der Waals surface area contributed by atoms with E-state index in [1.54, 1.807) is 0 Å². The lowest BCUT2D eigenvalue weighted by Crippen LogP contribution is -2.48. The lowest BCUT2D eigenvalue weighted by molar-refractivity contribution is 0.142. The molecule has 1 saturated heterocycles. The van der Waals surface area contributed by atoms with E-state index >= 15 is 0 Å². The second-order valence-electron chi connectivity index (χ2n) is 4.31. The summed E-state index contributed by atoms with van der Waals surface area (Å²) in [6, 6.07) is 7.52. The van der Waals surface area contributed by atoms with E-state index in [0.717, 1.165) is 5.69 Å². The van der Waals surface area contributed by atoms with Crippen LogP contribution >= 0.6 is 0 Å². The van der Waals surface area contributed by atoms with Crippen molar-refractivity contribution in [3.8, 4) is 0 Å². The van der Waals surface area contributed by atoms with Gasteiger partial charge < -0.3 is 26.4 Å². The van der Waals surface area contributed by atoms with Crippen molar-refractivity contribution in [1.29, 1.82) is 0 Å². The molecule has 1 aliphatic rings. The van der Waals surface area contributed by atoms with Crippen LogP contribution in [0.3, 0.4) is 0 Å². The molecule has 5 N–H and O–H groups in total. The summed E-state index contributed by atoms with van der Waals surface area (Å²) >= 11 is 0. The van der Waals surface area contributed by atoms with Gasteiger partial charge in [-0.3, -0.25) is 0 Å². The van der Waals surface area contributed by atoms with Gasteiger partial charge in [0.05, 0.1) is 5.69 Å². The number of carbonyl (C=O) groups is 1. The first-order valence-corrected chi connectivity index (χ1v) is 5.99. The molecule has 2 rings (SSSR count). The molecule has 0 atom stereocenters. The quantitative estimate of drug-likeness (QED) is 0.528. The fourth-order valence-corrected chi connectivity index (χ4v) is 2.04. The van der Waals surface area contributed by atoms with Crippen LogP contribution in [0.15, 0.2) is 29.3 Å². The van der Waals surface area contributed by atoms with Gasteiger partial charge in [-0.05, 0) is 24.3 Å². The molecule has 1 fully saturated rings. The third-order valence-electron chi connectivity index (χ3n) is 3.02. The van der Waals surface area contributed by atoms with Crippen LogP contribution in [0.25, 0.3) is 0 Å². The Hall–Kier alpha value is -2.44. The van der Waals surface area contributed by atoms with Crippen molar-refractivity contribution in [3.05, 3.63) is 24.3 Å². The van der Waals surface area contributed by atoms with Gasteiger partial charge in [0.15, 0.2) is 5.96 Å². The highest BCUT2D eigenvalue weighted by Gasteiger charge is 2.20. The zero-order valence-corrected chi connectivity index (χ0v) is 10.5. The number of piperazine rings is 1. The fourth-order valence-electron chi connectivity index (χ4n) is 2.04. The van der Waals surface area contributed by atoms with Gasteiger partial charge in [-0.25, -0.2) is 9.79 Å². The van der Waals surface area contributed by atoms with Gasteiger partial charge in [-0.1, -0.05) is 0 Å². The monoisotopic (exact) mass is 263 g/mol. The second kappa shape index (κ2) is 5.47. The molecule has 0 aromatic heterocycles. The smallest absolute Gasteiger partial charge is 0.407 e. The number of hydrogen-bond donors (Lipinski definition) is 3. The molecule has 1 aromatic rings. The van der Waals surface area contributed by atoms with Crippen molar-refractivity contribution in [2.75, 3.05) is 31.1 Å². The first-order valence-electron chi connectivity index (χ1n) is 5.99. The van der Waals surface area contributed by atoms with Crippen molar-refractivity contribution < 1.29 is 9.90 Å². The van der Waals surface area contributed by atoms with Crippen molar-refractivity contribution in [1.82, 2.24) is 4.90 Å². The molecular weight excluding hydrogens is 246 g/mol. The molecule has 1 aromatic carbocycles. The predicted octanol–water partition coefficient (Wildman–Crippen LogP) is 0.391. The number of anilines is 1. The SMILES string of the molecule is NC(N)=Nc1ccc(N2CCN(C(=O)O)CC2)cc1. The highest BCUT2D eigenvalue weighted by Crippen LogP contribution is 2.20. The zero-order chi connectivity index (χ0) is 13.8. The Kier molecular flexibility index (Phi) is 3.74. The summed E-state index contributed by atoms with van der Waals surface area (Å²) in [5.74, 6) is 0.0304. The molecule has 0 saturated carbocycles. The number of carboxylic acid groups (broad SMARTS) is 1. The molecule has 0 bridgehead atoms. The van der Waals surface area contributed by atoms with Gasteiger partial charge in [0.25, 0.3) is 0 Å². The van der Waals surface area contributed by atoms with E-state index in [-0.39, 0.29) is 5.96 Å². The zero-order valence-electron chi connectivity index (χ0n) is 10.5. The highest BCUT2D eigenvalue weighted by atomic mass is 16.4. The van der Waals surface area contributed by atoms with Gasteiger partial charge in [-0.2, -0.15) is 0 Å². The summed E-state index contributed by atoms with van der Waals surface area (Å²) in [7, 11) is 0. The number of amides is 1. The lowest BCUT2D eigenvalue weighted by Gasteiger charge is -2.34. The largest absolute Gasteiger partial charge is 0.465 e. The number of benzene rings is 1. The molecule has 102 valence electrons.